The van der Waals surface area contributed by atoms with Gasteiger partial charge in [-0.15, -0.1) is 0 Å². The van der Waals surface area contributed by atoms with Gasteiger partial charge < -0.3 is 9.15 Å². The van der Waals surface area contributed by atoms with E-state index in [4.69, 9.17) is 9.15 Å². The Labute approximate surface area is 259 Å². The van der Waals surface area contributed by atoms with E-state index in [0.29, 0.717) is 63.1 Å². The number of carbonyl (C=O) groups excluding carboxylic acids is 1. The average molecular weight is 603 g/mol. The second-order valence-electron chi connectivity index (χ2n) is 11.5. The molecule has 6 aromatic rings. The zero-order chi connectivity index (χ0) is 31.7. The summed E-state index contributed by atoms with van der Waals surface area (Å²) in [7, 11) is 0. The van der Waals surface area contributed by atoms with Crippen molar-refractivity contribution in [2.45, 2.75) is 33.6 Å². The van der Waals surface area contributed by atoms with Crippen LogP contribution in [0.4, 0.5) is 0 Å². The number of nitrogens with one attached hydrogen (secondary N) is 2. The Bertz CT molecular complexity index is 1980. The van der Waals surface area contributed by atoms with E-state index >= 15 is 0 Å². The minimum atomic E-state index is -0.833. The second kappa shape index (κ2) is 12.2. The summed E-state index contributed by atoms with van der Waals surface area (Å²) in [6.07, 6.45) is 0. The molecule has 0 saturated carbocycles. The summed E-state index contributed by atoms with van der Waals surface area (Å²) < 4.78 is 14.8. The number of hydrogen-bond acceptors (Lipinski definition) is 5. The molecule has 3 aromatic heterocycles. The fourth-order valence-electron chi connectivity index (χ4n) is 5.53. The molecule has 0 bridgehead atoms. The van der Waals surface area contributed by atoms with Gasteiger partial charge in [0.25, 0.3) is 11.1 Å². The summed E-state index contributed by atoms with van der Waals surface area (Å²) in [5.74, 6) is -0.129. The molecule has 0 aliphatic heterocycles. The number of nitrogens with zero attached hydrogens (tertiary/aromatic N) is 2. The predicted octanol–water partition coefficient (Wildman–Crippen LogP) is 6.51. The van der Waals surface area contributed by atoms with Crippen LogP contribution >= 0.6 is 0 Å². The maximum atomic E-state index is 14.1. The third-order valence-corrected chi connectivity index (χ3v) is 7.68. The first-order valence-electron chi connectivity index (χ1n) is 14.8. The second-order valence-corrected chi connectivity index (χ2v) is 11.5. The molecule has 0 fully saturated rings. The van der Waals surface area contributed by atoms with Gasteiger partial charge in [0.2, 0.25) is 0 Å². The summed E-state index contributed by atoms with van der Waals surface area (Å²) >= 11 is 0. The molecule has 0 radical (unpaired) electrons. The molecular weight excluding hydrogens is 568 g/mol. The number of H-pyrrole nitrogens is 2. The molecule has 9 heteroatoms. The predicted molar refractivity (Wildman–Crippen MR) is 172 cm³/mol. The van der Waals surface area contributed by atoms with Gasteiger partial charge in [0.1, 0.15) is 11.5 Å². The van der Waals surface area contributed by atoms with Gasteiger partial charge in [0.05, 0.1) is 40.6 Å². The van der Waals surface area contributed by atoms with Crippen molar-refractivity contribution in [1.29, 1.82) is 0 Å². The number of rotatable bonds is 9. The number of carbonyl (C=O) groups is 1. The lowest BCUT2D eigenvalue weighted by atomic mass is 9.89. The van der Waals surface area contributed by atoms with Crippen LogP contribution in [0.5, 0.6) is 0 Å². The summed E-state index contributed by atoms with van der Waals surface area (Å²) in [5.41, 5.74) is 3.83. The minimum Gasteiger partial charge on any atom is -0.462 e. The normalized spacial score (nSPS) is 11.4. The van der Waals surface area contributed by atoms with E-state index in [2.05, 4.69) is 10.2 Å². The lowest BCUT2D eigenvalue weighted by Gasteiger charge is -2.13. The largest absolute Gasteiger partial charge is 0.462 e. The third-order valence-electron chi connectivity index (χ3n) is 7.68. The SMILES string of the molecule is Cc1[nH]n(-c2ccccc2)c(=O)c1C(c1ccc(-c2cccc(C(=O)OCC(C)C)c2)o1)c1c(C)[nH]n(-c2ccccc2)c1=O. The number of furan rings is 1. The van der Waals surface area contributed by atoms with Crippen LogP contribution in [0, 0.1) is 19.8 Å². The number of esters is 1. The number of ether oxygens (including phenoxy) is 1. The fourth-order valence-corrected chi connectivity index (χ4v) is 5.53. The lowest BCUT2D eigenvalue weighted by Crippen LogP contribution is -2.25. The summed E-state index contributed by atoms with van der Waals surface area (Å²) in [4.78, 5) is 40.9. The van der Waals surface area contributed by atoms with Gasteiger partial charge in [-0.3, -0.25) is 19.8 Å². The number of aromatic nitrogens is 4. The molecule has 0 aliphatic rings. The molecule has 0 unspecified atom stereocenters. The number of hydrogen-bond donors (Lipinski definition) is 2. The van der Waals surface area contributed by atoms with Crippen LogP contribution in [0.15, 0.2) is 111 Å². The van der Waals surface area contributed by atoms with Crippen molar-refractivity contribution in [3.63, 3.8) is 0 Å². The Kier molecular flexibility index (Phi) is 8.00. The fraction of sp³-hybridized carbons (Fsp3) is 0.194. The van der Waals surface area contributed by atoms with Gasteiger partial charge in [-0.1, -0.05) is 62.4 Å². The van der Waals surface area contributed by atoms with Gasteiger partial charge in [0.15, 0.2) is 0 Å². The van der Waals surface area contributed by atoms with Gasteiger partial charge >= 0.3 is 5.97 Å². The Morgan fingerprint density at radius 1 is 0.756 bits per heavy atom. The Hall–Kier alpha value is -5.57. The molecular formula is C36H34N4O5. The van der Waals surface area contributed by atoms with E-state index in [0.717, 1.165) is 0 Å². The maximum Gasteiger partial charge on any atom is 0.338 e. The van der Waals surface area contributed by atoms with Crippen LogP contribution in [0.3, 0.4) is 0 Å². The molecule has 0 saturated heterocycles. The molecule has 2 N–H and O–H groups in total. The zero-order valence-electron chi connectivity index (χ0n) is 25.5. The van der Waals surface area contributed by atoms with E-state index in [1.165, 1.54) is 9.36 Å². The molecule has 45 heavy (non-hydrogen) atoms. The number of aromatic amines is 2. The van der Waals surface area contributed by atoms with Crippen molar-refractivity contribution in [3.05, 3.63) is 152 Å². The quantitative estimate of drug-likeness (QED) is 0.183. The van der Waals surface area contributed by atoms with Crippen LogP contribution in [0.25, 0.3) is 22.7 Å². The monoisotopic (exact) mass is 602 g/mol. The molecule has 9 nitrogen and oxygen atoms in total. The van der Waals surface area contributed by atoms with Crippen LogP contribution in [-0.4, -0.2) is 32.1 Å². The van der Waals surface area contributed by atoms with E-state index in [-0.39, 0.29) is 17.0 Å². The van der Waals surface area contributed by atoms with E-state index < -0.39 is 11.9 Å². The summed E-state index contributed by atoms with van der Waals surface area (Å²) in [6, 6.07) is 29.1. The first kappa shape index (κ1) is 29.5. The molecule has 228 valence electrons. The lowest BCUT2D eigenvalue weighted by molar-refractivity contribution is 0.0459. The van der Waals surface area contributed by atoms with E-state index in [9.17, 15) is 14.4 Å². The maximum absolute atomic E-state index is 14.1. The van der Waals surface area contributed by atoms with Crippen LogP contribution < -0.4 is 11.1 Å². The molecule has 0 atom stereocenters. The van der Waals surface area contributed by atoms with E-state index in [1.807, 2.05) is 94.4 Å². The van der Waals surface area contributed by atoms with Crippen LogP contribution in [-0.2, 0) is 4.74 Å². The first-order valence-corrected chi connectivity index (χ1v) is 14.8. The molecule has 3 aromatic carbocycles. The van der Waals surface area contributed by atoms with Crippen molar-refractivity contribution in [2.24, 2.45) is 5.92 Å². The molecule has 0 spiro atoms. The van der Waals surface area contributed by atoms with Crippen molar-refractivity contribution in [2.75, 3.05) is 6.61 Å². The van der Waals surface area contributed by atoms with Gasteiger partial charge in [-0.25, -0.2) is 14.2 Å². The van der Waals surface area contributed by atoms with Crippen molar-refractivity contribution in [1.82, 2.24) is 19.6 Å². The highest BCUT2D eigenvalue weighted by Gasteiger charge is 2.33. The zero-order valence-corrected chi connectivity index (χ0v) is 25.5. The summed E-state index contributed by atoms with van der Waals surface area (Å²) in [5, 5.41) is 6.39. The van der Waals surface area contributed by atoms with Gasteiger partial charge in [0, 0.05) is 17.0 Å². The highest BCUT2D eigenvalue weighted by molar-refractivity contribution is 5.90. The van der Waals surface area contributed by atoms with E-state index in [1.54, 1.807) is 30.3 Å². The Balaban J connectivity index is 1.49. The Morgan fingerprint density at radius 3 is 1.84 bits per heavy atom. The highest BCUT2D eigenvalue weighted by Crippen LogP contribution is 2.35. The minimum absolute atomic E-state index is 0.216. The van der Waals surface area contributed by atoms with Crippen molar-refractivity contribution >= 4 is 5.97 Å². The topological polar surface area (TPSA) is 115 Å². The van der Waals surface area contributed by atoms with Crippen molar-refractivity contribution in [3.8, 4) is 22.7 Å². The van der Waals surface area contributed by atoms with Crippen LogP contribution in [0.1, 0.15) is 58.4 Å². The molecule has 0 amide bonds. The standard InChI is InChI=1S/C36H34N4O5/c1-22(2)21-44-36(43)26-13-11-12-25(20-26)29-18-19-30(45-29)33(31-23(3)37-39(34(31)41)27-14-7-5-8-15-27)32-24(4)38-40(35(32)42)28-16-9-6-10-17-28/h5-20,22,33,37-38H,21H2,1-4H3. The van der Waals surface area contributed by atoms with Crippen molar-refractivity contribution < 1.29 is 13.9 Å². The third kappa shape index (κ3) is 5.72. The number of benzene rings is 3. The van der Waals surface area contributed by atoms with Gasteiger partial charge in [-0.2, -0.15) is 0 Å². The smallest absolute Gasteiger partial charge is 0.338 e. The first-order chi connectivity index (χ1) is 21.7. The highest BCUT2D eigenvalue weighted by atomic mass is 16.5. The Morgan fingerprint density at radius 2 is 1.31 bits per heavy atom. The average Bonchev–Trinajstić information content (AvgIpc) is 3.74. The molecule has 0 aliphatic carbocycles. The molecule has 6 rings (SSSR count). The number of para-hydroxylation sites is 2. The summed E-state index contributed by atoms with van der Waals surface area (Å²) in [6.45, 7) is 7.91. The molecule has 3 heterocycles. The van der Waals surface area contributed by atoms with Crippen LogP contribution in [0.2, 0.25) is 0 Å². The van der Waals surface area contributed by atoms with Gasteiger partial charge in [-0.05, 0) is 68.3 Å². The number of aryl methyl sites for hydroxylation is 2.